The molecule has 0 aromatic carbocycles. The van der Waals surface area contributed by atoms with E-state index in [0.717, 1.165) is 6.26 Å². The molecule has 0 spiro atoms. The van der Waals surface area contributed by atoms with Crippen molar-refractivity contribution in [2.45, 2.75) is 109 Å². The third-order valence-corrected chi connectivity index (χ3v) is 14.2. The molecule has 0 saturated carbocycles. The minimum absolute atomic E-state index is 0.160. The summed E-state index contributed by atoms with van der Waals surface area (Å²) in [4.78, 5) is 8.44. The van der Waals surface area contributed by atoms with Gasteiger partial charge in [0.1, 0.15) is 42.8 Å². The molecule has 2 aromatic heterocycles. The van der Waals surface area contributed by atoms with E-state index in [4.69, 9.17) is 28.6 Å². The summed E-state index contributed by atoms with van der Waals surface area (Å²) < 4.78 is 55.9. The van der Waals surface area contributed by atoms with Gasteiger partial charge in [0.2, 0.25) is 0 Å². The molecule has 0 bridgehead atoms. The van der Waals surface area contributed by atoms with E-state index < -0.39 is 48.8 Å². The van der Waals surface area contributed by atoms with Gasteiger partial charge in [-0.2, -0.15) is 13.5 Å². The smallest absolute Gasteiger partial charge is 0.264 e. The molecule has 38 heavy (non-hydrogen) atoms. The van der Waals surface area contributed by atoms with Crippen LogP contribution in [-0.2, 0) is 39.5 Å². The average molecular weight is 572 g/mol. The lowest BCUT2D eigenvalue weighted by molar-refractivity contribution is -0.200. The molecule has 2 N–H and O–H groups in total. The molecule has 2 aromatic rings. The second-order valence-corrected chi connectivity index (χ2v) is 18.7. The zero-order valence-corrected chi connectivity index (χ0v) is 25.5. The van der Waals surface area contributed by atoms with E-state index in [0.29, 0.717) is 34.3 Å². The molecule has 2 fully saturated rings. The van der Waals surface area contributed by atoms with E-state index in [-0.39, 0.29) is 18.1 Å². The van der Waals surface area contributed by atoms with Crippen LogP contribution in [0.2, 0.25) is 16.6 Å². The van der Waals surface area contributed by atoms with Crippen molar-refractivity contribution < 1.29 is 31.2 Å². The zero-order chi connectivity index (χ0) is 28.2. The third-order valence-electron chi connectivity index (χ3n) is 7.57. The number of rotatable bonds is 10. The molecule has 2 aliphatic rings. The molecule has 4 rings (SSSR count). The SMILES string of the molecule is CC(C)[Si](OC[C@H]1O[C@@H](n2nc(COS(C)(=O)=O)c3c(N)ncnc32)[C@@H]2OC(C)(C)O[C@@H]21)(C(C)C)C(C)C. The number of nitrogens with two attached hydrogens (primary N) is 1. The van der Waals surface area contributed by atoms with E-state index in [2.05, 4.69) is 56.6 Å². The molecule has 12 nitrogen and oxygen atoms in total. The number of hydrogen-bond donors (Lipinski definition) is 1. The molecule has 0 aliphatic carbocycles. The number of fused-ring (bicyclic) bond motifs is 2. The summed E-state index contributed by atoms with van der Waals surface area (Å²) in [5, 5.41) is 5.03. The van der Waals surface area contributed by atoms with Crippen molar-refractivity contribution in [3.8, 4) is 0 Å². The maximum Gasteiger partial charge on any atom is 0.264 e. The number of anilines is 1. The van der Waals surface area contributed by atoms with Gasteiger partial charge in [-0.05, 0) is 30.5 Å². The number of hydrogen-bond acceptors (Lipinski definition) is 11. The molecule has 14 heteroatoms. The van der Waals surface area contributed by atoms with E-state index in [1.807, 2.05) is 13.8 Å². The Labute approximate surface area is 225 Å². The number of nitrogen functional groups attached to an aromatic ring is 1. The van der Waals surface area contributed by atoms with Gasteiger partial charge in [0, 0.05) is 0 Å². The van der Waals surface area contributed by atoms with E-state index in [9.17, 15) is 8.42 Å². The van der Waals surface area contributed by atoms with Gasteiger partial charge in [-0.25, -0.2) is 14.6 Å². The predicted octanol–water partition coefficient (Wildman–Crippen LogP) is 3.49. The average Bonchev–Trinajstić information content (AvgIpc) is 3.41. The van der Waals surface area contributed by atoms with Crippen LogP contribution in [0.3, 0.4) is 0 Å². The summed E-state index contributed by atoms with van der Waals surface area (Å²) in [5.74, 6) is -0.675. The summed E-state index contributed by atoms with van der Waals surface area (Å²) in [6, 6.07) is 0. The minimum Gasteiger partial charge on any atom is -0.413 e. The van der Waals surface area contributed by atoms with Crippen molar-refractivity contribution in [3.05, 3.63) is 12.0 Å². The first-order valence-corrected chi connectivity index (χ1v) is 17.0. The first kappa shape index (κ1) is 29.3. The van der Waals surface area contributed by atoms with Crippen LogP contribution in [0.4, 0.5) is 5.82 Å². The Morgan fingerprint density at radius 3 is 2.26 bits per heavy atom. The standard InChI is InChI=1S/C24H41N5O7SSi/c1-13(2)38(14(3)4,15(5)6)33-11-17-19-20(36-24(7,8)35-19)23(34-17)29-22-18(21(25)26-12-27-22)16(28-29)10-32-37(9,30)31/h12-15,17,19-20,23H,10-11H2,1-9H3,(H2,25,26,27)/t17-,19-,20-,23-/m1/s1. The summed E-state index contributed by atoms with van der Waals surface area (Å²) >= 11 is 0. The van der Waals surface area contributed by atoms with Crippen LogP contribution in [-0.4, -0.2) is 73.4 Å². The van der Waals surface area contributed by atoms with Gasteiger partial charge in [0.05, 0.1) is 18.2 Å². The highest BCUT2D eigenvalue weighted by molar-refractivity contribution is 7.85. The van der Waals surface area contributed by atoms with E-state index in [1.165, 1.54) is 6.33 Å². The molecule has 2 saturated heterocycles. The Hall–Kier alpha value is -1.68. The normalized spacial score (nSPS) is 25.8. The van der Waals surface area contributed by atoms with Gasteiger partial charge in [0.15, 0.2) is 26.0 Å². The lowest BCUT2D eigenvalue weighted by atomic mass is 10.1. The number of ether oxygens (including phenoxy) is 3. The van der Waals surface area contributed by atoms with Gasteiger partial charge in [-0.15, -0.1) is 0 Å². The Kier molecular flexibility index (Phi) is 8.00. The Balaban J connectivity index is 1.70. The highest BCUT2D eigenvalue weighted by Gasteiger charge is 2.57. The summed E-state index contributed by atoms with van der Waals surface area (Å²) in [7, 11) is -5.88. The summed E-state index contributed by atoms with van der Waals surface area (Å²) in [6.07, 6.45) is 0.268. The van der Waals surface area contributed by atoms with Crippen LogP contribution in [0, 0.1) is 0 Å². The van der Waals surface area contributed by atoms with Crippen LogP contribution in [0.25, 0.3) is 11.0 Å². The molecule has 4 heterocycles. The highest BCUT2D eigenvalue weighted by Crippen LogP contribution is 2.46. The first-order valence-electron chi connectivity index (χ1n) is 13.0. The monoisotopic (exact) mass is 571 g/mol. The molecular weight excluding hydrogens is 530 g/mol. The van der Waals surface area contributed by atoms with Gasteiger partial charge in [0.25, 0.3) is 10.1 Å². The van der Waals surface area contributed by atoms with Crippen molar-refractivity contribution in [1.29, 1.82) is 0 Å². The predicted molar refractivity (Wildman–Crippen MR) is 144 cm³/mol. The molecular formula is C24H41N5O7SSi. The Morgan fingerprint density at radius 2 is 1.68 bits per heavy atom. The second-order valence-electron chi connectivity index (χ2n) is 11.6. The largest absolute Gasteiger partial charge is 0.413 e. The van der Waals surface area contributed by atoms with Crippen LogP contribution >= 0.6 is 0 Å². The van der Waals surface area contributed by atoms with Crippen LogP contribution in [0.1, 0.15) is 67.3 Å². The highest BCUT2D eigenvalue weighted by atomic mass is 32.2. The fourth-order valence-corrected chi connectivity index (χ4v) is 12.0. The minimum atomic E-state index is -3.71. The maximum atomic E-state index is 11.7. The van der Waals surface area contributed by atoms with Gasteiger partial charge in [-0.1, -0.05) is 41.5 Å². The Morgan fingerprint density at radius 1 is 1.08 bits per heavy atom. The maximum absolute atomic E-state index is 11.7. The lowest BCUT2D eigenvalue weighted by Crippen LogP contribution is -2.50. The fourth-order valence-electron chi connectivity index (χ4n) is 6.23. The van der Waals surface area contributed by atoms with Gasteiger partial charge >= 0.3 is 0 Å². The number of nitrogens with zero attached hydrogens (tertiary/aromatic N) is 4. The van der Waals surface area contributed by atoms with E-state index in [1.54, 1.807) is 4.68 Å². The molecule has 2 aliphatic heterocycles. The molecule has 214 valence electrons. The second kappa shape index (κ2) is 10.4. The van der Waals surface area contributed by atoms with E-state index >= 15 is 0 Å². The topological polar surface area (TPSA) is 150 Å². The van der Waals surface area contributed by atoms with Gasteiger partial charge in [-0.3, -0.25) is 4.18 Å². The molecule has 0 radical (unpaired) electrons. The van der Waals surface area contributed by atoms with Crippen molar-refractivity contribution in [2.24, 2.45) is 0 Å². The van der Waals surface area contributed by atoms with Crippen LogP contribution < -0.4 is 5.73 Å². The molecule has 4 atom stereocenters. The first-order chi connectivity index (χ1) is 17.6. The molecule has 0 unspecified atom stereocenters. The lowest BCUT2D eigenvalue weighted by Gasteiger charge is -2.43. The fraction of sp³-hybridized carbons (Fsp3) is 0.792. The van der Waals surface area contributed by atoms with Crippen LogP contribution in [0.5, 0.6) is 0 Å². The van der Waals surface area contributed by atoms with Crippen molar-refractivity contribution in [1.82, 2.24) is 19.7 Å². The summed E-state index contributed by atoms with van der Waals surface area (Å²) in [5.41, 5.74) is 8.07. The van der Waals surface area contributed by atoms with Crippen molar-refractivity contribution >= 4 is 35.3 Å². The zero-order valence-electron chi connectivity index (χ0n) is 23.7. The molecule has 0 amide bonds. The van der Waals surface area contributed by atoms with Crippen molar-refractivity contribution in [3.63, 3.8) is 0 Å². The van der Waals surface area contributed by atoms with Crippen molar-refractivity contribution in [2.75, 3.05) is 18.6 Å². The quantitative estimate of drug-likeness (QED) is 0.330. The third kappa shape index (κ3) is 5.36. The Bertz CT molecular complexity index is 1240. The van der Waals surface area contributed by atoms with Gasteiger partial charge < -0.3 is 24.4 Å². The van der Waals surface area contributed by atoms with Crippen LogP contribution in [0.15, 0.2) is 6.33 Å². The summed E-state index contributed by atoms with van der Waals surface area (Å²) in [6.45, 7) is 17.2. The number of aromatic nitrogens is 4.